The quantitative estimate of drug-likeness (QED) is 0.595. The summed E-state index contributed by atoms with van der Waals surface area (Å²) in [5.41, 5.74) is 0.552. The Labute approximate surface area is 121 Å². The van der Waals surface area contributed by atoms with Crippen molar-refractivity contribution in [3.8, 4) is 11.8 Å². The second-order valence-electron chi connectivity index (χ2n) is 4.03. The predicted octanol–water partition coefficient (Wildman–Crippen LogP) is 2.77. The molecule has 0 aromatic heterocycles. The van der Waals surface area contributed by atoms with Crippen LogP contribution in [0.5, 0.6) is 5.75 Å². The Bertz CT molecular complexity index is 514. The molecule has 7 heteroatoms. The molecule has 0 aliphatic carbocycles. The van der Waals surface area contributed by atoms with Crippen molar-refractivity contribution in [1.29, 1.82) is 5.26 Å². The molecule has 1 aromatic carbocycles. The third-order valence-corrected chi connectivity index (χ3v) is 5.59. The van der Waals surface area contributed by atoms with Crippen LogP contribution in [0, 0.1) is 14.9 Å². The summed E-state index contributed by atoms with van der Waals surface area (Å²) in [5, 5.41) is 8.80. The molecule has 0 fully saturated rings. The Morgan fingerprint density at radius 3 is 2.22 bits per heavy atom. The summed E-state index contributed by atoms with van der Waals surface area (Å²) in [6.07, 6.45) is 0. The van der Waals surface area contributed by atoms with Crippen molar-refractivity contribution >= 4 is 30.3 Å². The van der Waals surface area contributed by atoms with Crippen molar-refractivity contribution in [2.45, 2.75) is 0 Å². The van der Waals surface area contributed by atoms with Crippen LogP contribution in [0.1, 0.15) is 5.56 Å². The number of benzene rings is 1. The molecular formula is C11H15IN3O2P. The summed E-state index contributed by atoms with van der Waals surface area (Å²) >= 11 is 2.06. The van der Waals surface area contributed by atoms with Gasteiger partial charge in [0.05, 0.1) is 15.2 Å². The third-order valence-electron chi connectivity index (χ3n) is 2.29. The molecular weight excluding hydrogens is 364 g/mol. The summed E-state index contributed by atoms with van der Waals surface area (Å²) in [7, 11) is 3.77. The first-order chi connectivity index (χ1) is 8.31. The molecule has 0 amide bonds. The summed E-state index contributed by atoms with van der Waals surface area (Å²) in [6.45, 7) is 0. The largest absolute Gasteiger partial charge is 0.421 e. The lowest BCUT2D eigenvalue weighted by Gasteiger charge is -2.29. The van der Waals surface area contributed by atoms with Gasteiger partial charge in [0.2, 0.25) is 0 Å². The second kappa shape index (κ2) is 6.02. The van der Waals surface area contributed by atoms with Gasteiger partial charge >= 0.3 is 7.67 Å². The zero-order valence-corrected chi connectivity index (χ0v) is 13.8. The van der Waals surface area contributed by atoms with E-state index in [4.69, 9.17) is 9.79 Å². The monoisotopic (exact) mass is 379 g/mol. The average Bonchev–Trinajstić information content (AvgIpc) is 2.30. The van der Waals surface area contributed by atoms with E-state index in [2.05, 4.69) is 28.7 Å². The van der Waals surface area contributed by atoms with Crippen molar-refractivity contribution in [2.24, 2.45) is 0 Å². The van der Waals surface area contributed by atoms with E-state index >= 15 is 0 Å². The van der Waals surface area contributed by atoms with Crippen molar-refractivity contribution in [3.63, 3.8) is 0 Å². The van der Waals surface area contributed by atoms with Gasteiger partial charge in [-0.3, -0.25) is 0 Å². The molecule has 0 heterocycles. The maximum absolute atomic E-state index is 12.7. The Hall–Kier alpha value is -0.610. The maximum atomic E-state index is 12.7. The zero-order chi connectivity index (χ0) is 13.9. The van der Waals surface area contributed by atoms with Crippen LogP contribution in [0.4, 0.5) is 0 Å². The number of hydrogen-bond acceptors (Lipinski definition) is 3. The van der Waals surface area contributed by atoms with E-state index in [1.807, 2.05) is 0 Å². The van der Waals surface area contributed by atoms with Crippen LogP contribution in [0.25, 0.3) is 0 Å². The first kappa shape index (κ1) is 15.4. The Morgan fingerprint density at radius 2 is 1.83 bits per heavy atom. The molecule has 1 aromatic rings. The summed E-state index contributed by atoms with van der Waals surface area (Å²) < 4.78 is 22.2. The lowest BCUT2D eigenvalue weighted by molar-refractivity contribution is 0.353. The van der Waals surface area contributed by atoms with E-state index in [1.54, 1.807) is 55.7 Å². The van der Waals surface area contributed by atoms with E-state index in [0.717, 1.165) is 3.57 Å². The van der Waals surface area contributed by atoms with Crippen LogP contribution in [0.15, 0.2) is 18.2 Å². The molecule has 0 saturated carbocycles. The summed E-state index contributed by atoms with van der Waals surface area (Å²) in [4.78, 5) is 0. The van der Waals surface area contributed by atoms with Gasteiger partial charge in [-0.2, -0.15) is 5.26 Å². The smallest absolute Gasteiger partial charge is 0.394 e. The van der Waals surface area contributed by atoms with Crippen LogP contribution in [0.2, 0.25) is 0 Å². The molecule has 98 valence electrons. The molecule has 1 rings (SSSR count). The Kier molecular flexibility index (Phi) is 5.17. The average molecular weight is 379 g/mol. The first-order valence-electron chi connectivity index (χ1n) is 5.16. The van der Waals surface area contributed by atoms with Crippen molar-refractivity contribution < 1.29 is 9.09 Å². The van der Waals surface area contributed by atoms with Gasteiger partial charge in [-0.1, -0.05) is 0 Å². The van der Waals surface area contributed by atoms with Gasteiger partial charge in [0, 0.05) is 0 Å². The highest BCUT2D eigenvalue weighted by molar-refractivity contribution is 14.1. The van der Waals surface area contributed by atoms with Gasteiger partial charge in [-0.25, -0.2) is 13.9 Å². The fourth-order valence-corrected chi connectivity index (χ4v) is 3.55. The van der Waals surface area contributed by atoms with Crippen LogP contribution in [-0.4, -0.2) is 37.5 Å². The summed E-state index contributed by atoms with van der Waals surface area (Å²) in [5.74, 6) is 0.514. The number of nitrogens with zero attached hydrogens (tertiary/aromatic N) is 3. The SMILES string of the molecule is CN(C)P(=O)(Oc1ccc(C#N)cc1I)N(C)C. The van der Waals surface area contributed by atoms with Gasteiger partial charge in [0.15, 0.2) is 0 Å². The molecule has 5 nitrogen and oxygen atoms in total. The minimum Gasteiger partial charge on any atom is -0.421 e. The van der Waals surface area contributed by atoms with Crippen molar-refractivity contribution in [3.05, 3.63) is 27.3 Å². The molecule has 0 bridgehead atoms. The fourth-order valence-electron chi connectivity index (χ4n) is 1.29. The highest BCUT2D eigenvalue weighted by Crippen LogP contribution is 2.51. The van der Waals surface area contributed by atoms with Gasteiger partial charge in [0.1, 0.15) is 5.75 Å². The van der Waals surface area contributed by atoms with Crippen molar-refractivity contribution in [1.82, 2.24) is 9.34 Å². The topological polar surface area (TPSA) is 56.6 Å². The fraction of sp³-hybridized carbons (Fsp3) is 0.364. The van der Waals surface area contributed by atoms with Crippen LogP contribution in [-0.2, 0) is 4.57 Å². The molecule has 0 unspecified atom stereocenters. The van der Waals surface area contributed by atoms with Gasteiger partial charge in [-0.05, 0) is 69.0 Å². The number of nitriles is 1. The van der Waals surface area contributed by atoms with E-state index in [1.165, 1.54) is 0 Å². The van der Waals surface area contributed by atoms with E-state index in [0.29, 0.717) is 11.3 Å². The first-order valence-corrected chi connectivity index (χ1v) is 7.77. The standard InChI is InChI=1S/C11H15IN3O2P/c1-14(2)18(16,15(3)4)17-11-6-5-9(8-13)7-10(11)12/h5-7H,1-4H3. The van der Waals surface area contributed by atoms with E-state index in [9.17, 15) is 4.57 Å². The Balaban J connectivity index is 3.11. The number of halogens is 1. The zero-order valence-electron chi connectivity index (χ0n) is 10.7. The third kappa shape index (κ3) is 3.23. The van der Waals surface area contributed by atoms with Gasteiger partial charge < -0.3 is 4.52 Å². The lowest BCUT2D eigenvalue weighted by atomic mass is 10.2. The molecule has 0 atom stereocenters. The number of hydrogen-bond donors (Lipinski definition) is 0. The maximum Gasteiger partial charge on any atom is 0.394 e. The second-order valence-corrected chi connectivity index (χ2v) is 7.96. The molecule has 0 radical (unpaired) electrons. The van der Waals surface area contributed by atoms with Crippen molar-refractivity contribution in [2.75, 3.05) is 28.2 Å². The normalized spacial score (nSPS) is 11.7. The minimum absolute atomic E-state index is 0.514. The Morgan fingerprint density at radius 1 is 1.28 bits per heavy atom. The molecule has 0 aliphatic heterocycles. The van der Waals surface area contributed by atoms with E-state index < -0.39 is 7.67 Å². The highest BCUT2D eigenvalue weighted by Gasteiger charge is 2.31. The van der Waals surface area contributed by atoms with Gasteiger partial charge in [0.25, 0.3) is 0 Å². The lowest BCUT2D eigenvalue weighted by Crippen LogP contribution is -2.24. The minimum atomic E-state index is -3.06. The molecule has 0 N–H and O–H groups in total. The van der Waals surface area contributed by atoms with E-state index in [-0.39, 0.29) is 0 Å². The molecule has 18 heavy (non-hydrogen) atoms. The van der Waals surface area contributed by atoms with Crippen LogP contribution >= 0.6 is 30.3 Å². The molecule has 0 aliphatic rings. The van der Waals surface area contributed by atoms with Gasteiger partial charge in [-0.15, -0.1) is 0 Å². The number of rotatable bonds is 4. The highest BCUT2D eigenvalue weighted by atomic mass is 127. The summed E-state index contributed by atoms with van der Waals surface area (Å²) in [6, 6.07) is 7.07. The van der Waals surface area contributed by atoms with Crippen LogP contribution < -0.4 is 4.52 Å². The van der Waals surface area contributed by atoms with Crippen LogP contribution in [0.3, 0.4) is 0 Å². The predicted molar refractivity (Wildman–Crippen MR) is 79.5 cm³/mol. The molecule has 0 saturated heterocycles. The molecule has 0 spiro atoms.